The fourth-order valence-corrected chi connectivity index (χ4v) is 3.55. The first-order chi connectivity index (χ1) is 14.4. The summed E-state index contributed by atoms with van der Waals surface area (Å²) in [7, 11) is 1.35. The van der Waals surface area contributed by atoms with Crippen molar-refractivity contribution in [2.75, 3.05) is 13.7 Å². The molecule has 6 nitrogen and oxygen atoms in total. The Bertz CT molecular complexity index is 976. The minimum absolute atomic E-state index is 0.374. The maximum Gasteiger partial charge on any atom is 0.337 e. The predicted molar refractivity (Wildman–Crippen MR) is 120 cm³/mol. The van der Waals surface area contributed by atoms with Crippen LogP contribution in [-0.4, -0.2) is 24.8 Å². The van der Waals surface area contributed by atoms with E-state index in [4.69, 9.17) is 38.0 Å². The number of hydrogen-bond donors (Lipinski definition) is 2. The van der Waals surface area contributed by atoms with Crippen molar-refractivity contribution in [1.29, 1.82) is 0 Å². The number of benzene rings is 2. The van der Waals surface area contributed by atoms with E-state index in [0.717, 1.165) is 11.1 Å². The van der Waals surface area contributed by atoms with Crippen molar-refractivity contribution in [2.24, 2.45) is 0 Å². The molecule has 0 aliphatic carbocycles. The number of nitrogens with one attached hydrogen (secondary N) is 2. The lowest BCUT2D eigenvalue weighted by Crippen LogP contribution is -2.45. The predicted octanol–water partition coefficient (Wildman–Crippen LogP) is 4.28. The van der Waals surface area contributed by atoms with Gasteiger partial charge in [-0.15, -0.1) is 0 Å². The maximum atomic E-state index is 12.4. The van der Waals surface area contributed by atoms with Crippen molar-refractivity contribution in [1.82, 2.24) is 10.6 Å². The Labute approximate surface area is 186 Å². The van der Waals surface area contributed by atoms with Crippen LogP contribution in [0, 0.1) is 0 Å². The molecule has 2 aromatic rings. The van der Waals surface area contributed by atoms with Gasteiger partial charge in [0.25, 0.3) is 0 Å². The number of hydrogen-bond acceptors (Lipinski definition) is 5. The number of allylic oxidation sites excluding steroid dienone is 1. The summed E-state index contributed by atoms with van der Waals surface area (Å²) in [4.78, 5) is 12.4. The minimum atomic E-state index is -0.462. The van der Waals surface area contributed by atoms with Crippen LogP contribution in [0.1, 0.15) is 31.0 Å². The minimum Gasteiger partial charge on any atom is -0.490 e. The Hall–Kier alpha value is -2.77. The van der Waals surface area contributed by atoms with Gasteiger partial charge in [-0.1, -0.05) is 29.8 Å². The molecule has 2 N–H and O–H groups in total. The molecule has 2 aromatic carbocycles. The zero-order valence-corrected chi connectivity index (χ0v) is 18.5. The SMILES string of the molecule is CCOc1cc([C@H]2NC(=S)NC(C)=C2C(=O)OC)ccc1OCc1ccc(Cl)cc1. The van der Waals surface area contributed by atoms with Crippen LogP contribution >= 0.6 is 23.8 Å². The number of carbonyl (C=O) groups is 1. The number of methoxy groups -OCH3 is 1. The van der Waals surface area contributed by atoms with Gasteiger partial charge in [0.2, 0.25) is 0 Å². The summed E-state index contributed by atoms with van der Waals surface area (Å²) in [5.41, 5.74) is 2.91. The lowest BCUT2D eigenvalue weighted by Gasteiger charge is -2.30. The molecule has 1 aliphatic rings. The molecule has 0 bridgehead atoms. The van der Waals surface area contributed by atoms with E-state index in [9.17, 15) is 4.79 Å². The first-order valence-electron chi connectivity index (χ1n) is 9.43. The average molecular weight is 447 g/mol. The monoisotopic (exact) mass is 446 g/mol. The number of rotatable bonds is 7. The molecule has 0 saturated carbocycles. The van der Waals surface area contributed by atoms with Crippen molar-refractivity contribution < 1.29 is 19.0 Å². The second-order valence-electron chi connectivity index (χ2n) is 6.62. The van der Waals surface area contributed by atoms with Crippen molar-refractivity contribution in [2.45, 2.75) is 26.5 Å². The van der Waals surface area contributed by atoms with Gasteiger partial charge in [-0.25, -0.2) is 4.79 Å². The van der Waals surface area contributed by atoms with Crippen LogP contribution < -0.4 is 20.1 Å². The van der Waals surface area contributed by atoms with Gasteiger partial charge in [-0.2, -0.15) is 0 Å². The number of carbonyl (C=O) groups excluding carboxylic acids is 1. The van der Waals surface area contributed by atoms with E-state index in [1.807, 2.05) is 49.4 Å². The van der Waals surface area contributed by atoms with Gasteiger partial charge in [-0.3, -0.25) is 0 Å². The zero-order chi connectivity index (χ0) is 21.7. The highest BCUT2D eigenvalue weighted by Crippen LogP contribution is 2.35. The summed E-state index contributed by atoms with van der Waals surface area (Å²) in [6.07, 6.45) is 0. The summed E-state index contributed by atoms with van der Waals surface area (Å²) >= 11 is 11.2. The van der Waals surface area contributed by atoms with Gasteiger partial charge in [0.05, 0.1) is 25.3 Å². The quantitative estimate of drug-likeness (QED) is 0.485. The lowest BCUT2D eigenvalue weighted by molar-refractivity contribution is -0.136. The zero-order valence-electron chi connectivity index (χ0n) is 17.0. The fourth-order valence-electron chi connectivity index (χ4n) is 3.16. The van der Waals surface area contributed by atoms with Gasteiger partial charge in [0.15, 0.2) is 16.6 Å². The second-order valence-corrected chi connectivity index (χ2v) is 7.46. The molecule has 0 amide bonds. The van der Waals surface area contributed by atoms with Crippen LogP contribution in [0.15, 0.2) is 53.7 Å². The molecule has 1 heterocycles. The Morgan fingerprint density at radius 2 is 1.87 bits per heavy atom. The molecule has 1 atom stereocenters. The van der Waals surface area contributed by atoms with E-state index < -0.39 is 12.0 Å². The molecule has 3 rings (SSSR count). The van der Waals surface area contributed by atoms with E-state index >= 15 is 0 Å². The van der Waals surface area contributed by atoms with Crippen LogP contribution in [0.5, 0.6) is 11.5 Å². The number of esters is 1. The highest BCUT2D eigenvalue weighted by molar-refractivity contribution is 7.80. The molecule has 1 aliphatic heterocycles. The summed E-state index contributed by atoms with van der Waals surface area (Å²) in [5.74, 6) is 0.755. The van der Waals surface area contributed by atoms with Crippen LogP contribution in [0.25, 0.3) is 0 Å². The molecule has 0 fully saturated rings. The molecule has 0 radical (unpaired) electrons. The largest absolute Gasteiger partial charge is 0.490 e. The van der Waals surface area contributed by atoms with Crippen molar-refractivity contribution >= 4 is 34.9 Å². The normalized spacial score (nSPS) is 15.9. The standard InChI is InChI=1S/C22H23ClN2O4S/c1-4-28-18-11-15(20-19(21(26)27-3)13(2)24-22(30)25-20)7-10-17(18)29-12-14-5-8-16(23)9-6-14/h5-11,20H,4,12H2,1-3H3,(H2,24,25,30)/t20-/m1/s1. The van der Waals surface area contributed by atoms with Crippen LogP contribution in [0.3, 0.4) is 0 Å². The first kappa shape index (κ1) is 21.9. The third kappa shape index (κ3) is 5.04. The third-order valence-electron chi connectivity index (χ3n) is 4.58. The van der Waals surface area contributed by atoms with E-state index in [1.165, 1.54) is 7.11 Å². The molecular weight excluding hydrogens is 424 g/mol. The molecular formula is C22H23ClN2O4S. The molecule has 158 valence electrons. The summed E-state index contributed by atoms with van der Waals surface area (Å²) in [6, 6.07) is 12.6. The molecule has 0 spiro atoms. The highest BCUT2D eigenvalue weighted by atomic mass is 35.5. The molecule has 0 unspecified atom stereocenters. The van der Waals surface area contributed by atoms with Gasteiger partial charge in [0, 0.05) is 10.7 Å². The second kappa shape index (κ2) is 9.82. The molecule has 0 saturated heterocycles. The summed E-state index contributed by atoms with van der Waals surface area (Å²) in [6.45, 7) is 4.53. The van der Waals surface area contributed by atoms with Crippen molar-refractivity contribution in [3.05, 3.63) is 69.9 Å². The van der Waals surface area contributed by atoms with Gasteiger partial charge in [-0.05, 0) is 61.5 Å². The van der Waals surface area contributed by atoms with Crippen molar-refractivity contribution in [3.63, 3.8) is 0 Å². The topological polar surface area (TPSA) is 68.8 Å². The fraction of sp³-hybridized carbons (Fsp3) is 0.273. The van der Waals surface area contributed by atoms with Gasteiger partial charge < -0.3 is 24.8 Å². The average Bonchev–Trinajstić information content (AvgIpc) is 2.73. The Kier molecular flexibility index (Phi) is 7.18. The Balaban J connectivity index is 1.89. The van der Waals surface area contributed by atoms with Gasteiger partial charge >= 0.3 is 5.97 Å². The number of ether oxygens (including phenoxy) is 3. The maximum absolute atomic E-state index is 12.4. The summed E-state index contributed by atoms with van der Waals surface area (Å²) < 4.78 is 16.7. The molecule has 0 aromatic heterocycles. The Morgan fingerprint density at radius 1 is 1.13 bits per heavy atom. The number of halogens is 1. The Morgan fingerprint density at radius 3 is 2.53 bits per heavy atom. The van der Waals surface area contributed by atoms with E-state index in [-0.39, 0.29) is 0 Å². The van der Waals surface area contributed by atoms with Crippen LogP contribution in [0.2, 0.25) is 5.02 Å². The van der Waals surface area contributed by atoms with E-state index in [1.54, 1.807) is 6.92 Å². The van der Waals surface area contributed by atoms with Crippen LogP contribution in [0.4, 0.5) is 0 Å². The van der Waals surface area contributed by atoms with Crippen molar-refractivity contribution in [3.8, 4) is 11.5 Å². The van der Waals surface area contributed by atoms with Crippen LogP contribution in [-0.2, 0) is 16.1 Å². The first-order valence-corrected chi connectivity index (χ1v) is 10.2. The smallest absolute Gasteiger partial charge is 0.337 e. The van der Waals surface area contributed by atoms with E-state index in [0.29, 0.717) is 46.1 Å². The molecule has 8 heteroatoms. The van der Waals surface area contributed by atoms with E-state index in [2.05, 4.69) is 10.6 Å². The number of thiocarbonyl (C=S) groups is 1. The van der Waals surface area contributed by atoms with Gasteiger partial charge in [0.1, 0.15) is 6.61 Å². The third-order valence-corrected chi connectivity index (χ3v) is 5.05. The molecule has 30 heavy (non-hydrogen) atoms. The summed E-state index contributed by atoms with van der Waals surface area (Å²) in [5, 5.41) is 7.22. The lowest BCUT2D eigenvalue weighted by atomic mass is 9.95. The highest BCUT2D eigenvalue weighted by Gasteiger charge is 2.31.